The molecular formula is C12H14N4O2. The van der Waals surface area contributed by atoms with Gasteiger partial charge in [0, 0.05) is 19.8 Å². The molecule has 0 aliphatic carbocycles. The Morgan fingerprint density at radius 1 is 1.61 bits per heavy atom. The Morgan fingerprint density at radius 3 is 3.00 bits per heavy atom. The number of amides is 2. The highest BCUT2D eigenvalue weighted by Gasteiger charge is 2.34. The van der Waals surface area contributed by atoms with Gasteiger partial charge in [-0.15, -0.1) is 0 Å². The first-order valence-electron chi connectivity index (χ1n) is 5.78. The van der Waals surface area contributed by atoms with E-state index in [9.17, 15) is 9.59 Å². The van der Waals surface area contributed by atoms with E-state index >= 15 is 0 Å². The molecule has 2 heterocycles. The highest BCUT2D eigenvalue weighted by Crippen LogP contribution is 2.20. The summed E-state index contributed by atoms with van der Waals surface area (Å²) in [6.45, 7) is 0.573. The zero-order valence-corrected chi connectivity index (χ0v) is 10.1. The van der Waals surface area contributed by atoms with E-state index in [2.05, 4.69) is 10.3 Å². The molecule has 2 amide bonds. The molecule has 1 aromatic heterocycles. The van der Waals surface area contributed by atoms with Crippen LogP contribution < -0.4 is 5.32 Å². The molecule has 0 spiro atoms. The van der Waals surface area contributed by atoms with Gasteiger partial charge in [-0.2, -0.15) is 5.26 Å². The summed E-state index contributed by atoms with van der Waals surface area (Å²) in [7, 11) is 1.56. The summed E-state index contributed by atoms with van der Waals surface area (Å²) < 4.78 is 0. The minimum atomic E-state index is -0.400. The number of hydrogen-bond donors (Lipinski definition) is 2. The minimum Gasteiger partial charge on any atom is -0.357 e. The van der Waals surface area contributed by atoms with E-state index in [4.69, 9.17) is 5.26 Å². The highest BCUT2D eigenvalue weighted by molar-refractivity contribution is 5.98. The molecule has 1 unspecified atom stereocenters. The summed E-state index contributed by atoms with van der Waals surface area (Å²) in [4.78, 5) is 28.1. The SMILES string of the molecule is CNC(=O)C1CCCN1C(=O)c1c[nH]c(C#N)c1. The molecule has 0 aromatic carbocycles. The number of carbonyl (C=O) groups is 2. The first kappa shape index (κ1) is 12.2. The van der Waals surface area contributed by atoms with Crippen LogP contribution in [0.15, 0.2) is 12.3 Å². The van der Waals surface area contributed by atoms with Gasteiger partial charge in [-0.3, -0.25) is 9.59 Å². The molecule has 6 heteroatoms. The van der Waals surface area contributed by atoms with Crippen LogP contribution in [-0.4, -0.2) is 41.3 Å². The smallest absolute Gasteiger partial charge is 0.256 e. The predicted octanol–water partition coefficient (Wildman–Crippen LogP) is 0.237. The maximum absolute atomic E-state index is 12.2. The standard InChI is InChI=1S/C12H14N4O2/c1-14-11(17)10-3-2-4-16(10)12(18)8-5-9(6-13)15-7-8/h5,7,10,15H,2-4H2,1H3,(H,14,17). The number of aromatic amines is 1. The van der Waals surface area contributed by atoms with E-state index in [-0.39, 0.29) is 11.8 Å². The molecule has 0 radical (unpaired) electrons. The predicted molar refractivity (Wildman–Crippen MR) is 63.6 cm³/mol. The lowest BCUT2D eigenvalue weighted by molar-refractivity contribution is -0.124. The molecular weight excluding hydrogens is 232 g/mol. The van der Waals surface area contributed by atoms with Gasteiger partial charge in [0.05, 0.1) is 5.56 Å². The number of rotatable bonds is 2. The van der Waals surface area contributed by atoms with E-state index in [1.54, 1.807) is 11.9 Å². The van der Waals surface area contributed by atoms with E-state index in [0.717, 1.165) is 6.42 Å². The Morgan fingerprint density at radius 2 is 2.39 bits per heavy atom. The molecule has 6 nitrogen and oxygen atoms in total. The molecule has 2 N–H and O–H groups in total. The summed E-state index contributed by atoms with van der Waals surface area (Å²) in [5.74, 6) is -0.351. The van der Waals surface area contributed by atoms with E-state index in [1.807, 2.05) is 6.07 Å². The average molecular weight is 246 g/mol. The molecule has 94 valence electrons. The van der Waals surface area contributed by atoms with Crippen LogP contribution in [0.2, 0.25) is 0 Å². The number of nitrogens with one attached hydrogen (secondary N) is 2. The maximum atomic E-state index is 12.2. The average Bonchev–Trinajstić information content (AvgIpc) is 3.05. The van der Waals surface area contributed by atoms with Gasteiger partial charge in [0.25, 0.3) is 5.91 Å². The van der Waals surface area contributed by atoms with Gasteiger partial charge >= 0.3 is 0 Å². The Bertz CT molecular complexity index is 514. The van der Waals surface area contributed by atoms with Crippen LogP contribution in [0.25, 0.3) is 0 Å². The van der Waals surface area contributed by atoms with Crippen molar-refractivity contribution in [2.24, 2.45) is 0 Å². The van der Waals surface area contributed by atoms with Gasteiger partial charge in [-0.1, -0.05) is 0 Å². The summed E-state index contributed by atoms with van der Waals surface area (Å²) >= 11 is 0. The van der Waals surface area contributed by atoms with Crippen molar-refractivity contribution < 1.29 is 9.59 Å². The van der Waals surface area contributed by atoms with Gasteiger partial charge in [0.2, 0.25) is 5.91 Å². The third kappa shape index (κ3) is 2.07. The van der Waals surface area contributed by atoms with Crippen molar-refractivity contribution in [3.8, 4) is 6.07 Å². The highest BCUT2D eigenvalue weighted by atomic mass is 16.2. The number of nitrogens with zero attached hydrogens (tertiary/aromatic N) is 2. The van der Waals surface area contributed by atoms with Crippen LogP contribution in [0.4, 0.5) is 0 Å². The van der Waals surface area contributed by atoms with Crippen LogP contribution in [0, 0.1) is 11.3 Å². The lowest BCUT2D eigenvalue weighted by Gasteiger charge is -2.22. The molecule has 1 saturated heterocycles. The quantitative estimate of drug-likeness (QED) is 0.783. The normalized spacial score (nSPS) is 18.4. The number of likely N-dealkylation sites (N-methyl/N-ethyl adjacent to an activating group) is 1. The fraction of sp³-hybridized carbons (Fsp3) is 0.417. The summed E-state index contributed by atoms with van der Waals surface area (Å²) in [5, 5.41) is 11.3. The first-order valence-corrected chi connectivity index (χ1v) is 5.78. The van der Waals surface area contributed by atoms with Crippen molar-refractivity contribution in [3.05, 3.63) is 23.5 Å². The van der Waals surface area contributed by atoms with Crippen molar-refractivity contribution in [1.29, 1.82) is 5.26 Å². The monoisotopic (exact) mass is 246 g/mol. The van der Waals surface area contributed by atoms with Crippen LogP contribution in [0.3, 0.4) is 0 Å². The third-order valence-corrected chi connectivity index (χ3v) is 3.11. The van der Waals surface area contributed by atoms with Gasteiger partial charge in [-0.25, -0.2) is 0 Å². The zero-order valence-electron chi connectivity index (χ0n) is 10.1. The van der Waals surface area contributed by atoms with Gasteiger partial charge < -0.3 is 15.2 Å². The molecule has 1 aromatic rings. The molecule has 1 aliphatic rings. The molecule has 18 heavy (non-hydrogen) atoms. The molecule has 0 bridgehead atoms. The second-order valence-corrected chi connectivity index (χ2v) is 4.18. The minimum absolute atomic E-state index is 0.142. The lowest BCUT2D eigenvalue weighted by atomic mass is 10.2. The molecule has 1 atom stereocenters. The van der Waals surface area contributed by atoms with Crippen molar-refractivity contribution >= 4 is 11.8 Å². The van der Waals surface area contributed by atoms with Crippen LogP contribution >= 0.6 is 0 Å². The van der Waals surface area contributed by atoms with Crippen molar-refractivity contribution in [2.45, 2.75) is 18.9 Å². The molecule has 0 saturated carbocycles. The Kier molecular flexibility index (Phi) is 3.33. The number of aromatic nitrogens is 1. The Balaban J connectivity index is 2.18. The van der Waals surface area contributed by atoms with E-state index in [1.165, 1.54) is 12.3 Å². The van der Waals surface area contributed by atoms with Gasteiger partial charge in [0.1, 0.15) is 17.8 Å². The number of hydrogen-bond acceptors (Lipinski definition) is 3. The van der Waals surface area contributed by atoms with Crippen LogP contribution in [0.1, 0.15) is 28.9 Å². The summed E-state index contributed by atoms with van der Waals surface area (Å²) in [6.07, 6.45) is 3.00. The lowest BCUT2D eigenvalue weighted by Crippen LogP contribution is -2.44. The Labute approximate surface area is 105 Å². The zero-order chi connectivity index (χ0) is 13.1. The molecule has 1 fully saturated rings. The summed E-state index contributed by atoms with van der Waals surface area (Å²) in [5.41, 5.74) is 0.761. The molecule has 1 aliphatic heterocycles. The third-order valence-electron chi connectivity index (χ3n) is 3.11. The number of H-pyrrole nitrogens is 1. The largest absolute Gasteiger partial charge is 0.357 e. The maximum Gasteiger partial charge on any atom is 0.256 e. The second-order valence-electron chi connectivity index (χ2n) is 4.18. The van der Waals surface area contributed by atoms with E-state index < -0.39 is 6.04 Å². The van der Waals surface area contributed by atoms with Crippen molar-refractivity contribution in [2.75, 3.05) is 13.6 Å². The number of nitriles is 1. The van der Waals surface area contributed by atoms with Crippen molar-refractivity contribution in [1.82, 2.24) is 15.2 Å². The number of likely N-dealkylation sites (tertiary alicyclic amines) is 1. The number of carbonyl (C=O) groups excluding carboxylic acids is 2. The van der Waals surface area contributed by atoms with E-state index in [0.29, 0.717) is 24.2 Å². The van der Waals surface area contributed by atoms with Crippen molar-refractivity contribution in [3.63, 3.8) is 0 Å². The fourth-order valence-corrected chi connectivity index (χ4v) is 2.20. The topological polar surface area (TPSA) is 89.0 Å². The second kappa shape index (κ2) is 4.92. The Hall–Kier alpha value is -2.29. The van der Waals surface area contributed by atoms with Crippen LogP contribution in [0.5, 0.6) is 0 Å². The van der Waals surface area contributed by atoms with Gasteiger partial charge in [-0.05, 0) is 18.9 Å². The molecule has 2 rings (SSSR count). The van der Waals surface area contributed by atoms with Crippen LogP contribution in [-0.2, 0) is 4.79 Å². The van der Waals surface area contributed by atoms with Gasteiger partial charge in [0.15, 0.2) is 0 Å². The summed E-state index contributed by atoms with van der Waals surface area (Å²) in [6, 6.07) is 3.03. The first-order chi connectivity index (χ1) is 8.67. The fourth-order valence-electron chi connectivity index (χ4n) is 2.20.